The Balaban J connectivity index is 1.89. The van der Waals surface area contributed by atoms with Crippen LogP contribution in [-0.2, 0) is 9.53 Å². The van der Waals surface area contributed by atoms with Crippen LogP contribution in [0.5, 0.6) is 0 Å². The van der Waals surface area contributed by atoms with E-state index in [1.807, 2.05) is 4.90 Å². The molecule has 0 aliphatic carbocycles. The minimum atomic E-state index is -0.185. The monoisotopic (exact) mass is 226 g/mol. The largest absolute Gasteiger partial charge is 0.368 e. The van der Waals surface area contributed by atoms with Gasteiger partial charge >= 0.3 is 0 Å². The third kappa shape index (κ3) is 2.55. The second kappa shape index (κ2) is 5.15. The summed E-state index contributed by atoms with van der Waals surface area (Å²) >= 11 is 0. The maximum Gasteiger partial charge on any atom is 0.251 e. The highest BCUT2D eigenvalue weighted by molar-refractivity contribution is 5.81. The van der Waals surface area contributed by atoms with Gasteiger partial charge in [0.15, 0.2) is 0 Å². The van der Waals surface area contributed by atoms with Crippen LogP contribution in [0.15, 0.2) is 0 Å². The van der Waals surface area contributed by atoms with Gasteiger partial charge < -0.3 is 15.4 Å². The lowest BCUT2D eigenvalue weighted by molar-refractivity contribution is -0.148. The lowest BCUT2D eigenvalue weighted by Crippen LogP contribution is -2.51. The van der Waals surface area contributed by atoms with Gasteiger partial charge in [-0.15, -0.1) is 0 Å². The minimum Gasteiger partial charge on any atom is -0.368 e. The molecular weight excluding hydrogens is 204 g/mol. The van der Waals surface area contributed by atoms with Gasteiger partial charge in [0.2, 0.25) is 0 Å². The number of hydrogen-bond donors (Lipinski definition) is 1. The van der Waals surface area contributed by atoms with E-state index in [-0.39, 0.29) is 18.1 Å². The van der Waals surface area contributed by atoms with Gasteiger partial charge in [0.1, 0.15) is 6.10 Å². The van der Waals surface area contributed by atoms with Gasteiger partial charge in [-0.25, -0.2) is 0 Å². The minimum absolute atomic E-state index is 0.179. The molecular formula is C12H22N2O2. The number of nitrogens with two attached hydrogens (primary N) is 1. The second-order valence-electron chi connectivity index (χ2n) is 5.07. The van der Waals surface area contributed by atoms with Gasteiger partial charge in [0, 0.05) is 25.7 Å². The first-order valence-corrected chi connectivity index (χ1v) is 6.34. The molecule has 2 rings (SSSR count). The summed E-state index contributed by atoms with van der Waals surface area (Å²) in [4.78, 5) is 14.1. The van der Waals surface area contributed by atoms with E-state index < -0.39 is 0 Å². The first kappa shape index (κ1) is 11.9. The number of carbonyl (C=O) groups excluding carboxylic acids is 1. The molecule has 0 aromatic rings. The SMILES string of the molecule is CC1CN(C(=O)C2CCCCO2)CCC1N. The second-order valence-corrected chi connectivity index (χ2v) is 5.07. The van der Waals surface area contributed by atoms with E-state index in [0.29, 0.717) is 5.92 Å². The number of rotatable bonds is 1. The zero-order chi connectivity index (χ0) is 11.5. The lowest BCUT2D eigenvalue weighted by Gasteiger charge is -2.37. The number of hydrogen-bond acceptors (Lipinski definition) is 3. The van der Waals surface area contributed by atoms with Crippen molar-refractivity contribution >= 4 is 5.91 Å². The quantitative estimate of drug-likeness (QED) is 0.718. The molecule has 0 spiro atoms. The van der Waals surface area contributed by atoms with Crippen molar-refractivity contribution in [2.24, 2.45) is 11.7 Å². The molecule has 2 aliphatic rings. The summed E-state index contributed by atoms with van der Waals surface area (Å²) in [5.74, 6) is 0.583. The van der Waals surface area contributed by atoms with Crippen molar-refractivity contribution in [2.75, 3.05) is 19.7 Å². The summed E-state index contributed by atoms with van der Waals surface area (Å²) in [5, 5.41) is 0. The Morgan fingerprint density at radius 1 is 1.38 bits per heavy atom. The summed E-state index contributed by atoms with van der Waals surface area (Å²) < 4.78 is 5.53. The zero-order valence-corrected chi connectivity index (χ0v) is 10.0. The van der Waals surface area contributed by atoms with Crippen LogP contribution in [0.1, 0.15) is 32.6 Å². The normalized spacial score (nSPS) is 36.1. The molecule has 0 aromatic carbocycles. The summed E-state index contributed by atoms with van der Waals surface area (Å²) in [5.41, 5.74) is 5.95. The van der Waals surface area contributed by atoms with E-state index in [0.717, 1.165) is 45.4 Å². The molecule has 3 atom stereocenters. The Labute approximate surface area is 97.1 Å². The Morgan fingerprint density at radius 2 is 2.19 bits per heavy atom. The number of ether oxygens (including phenoxy) is 1. The molecule has 92 valence electrons. The van der Waals surface area contributed by atoms with Gasteiger partial charge in [-0.3, -0.25) is 4.79 Å². The molecule has 2 heterocycles. The highest BCUT2D eigenvalue weighted by Crippen LogP contribution is 2.20. The van der Waals surface area contributed by atoms with Crippen molar-refractivity contribution in [1.82, 2.24) is 4.90 Å². The Hall–Kier alpha value is -0.610. The predicted octanol–water partition coefficient (Wildman–Crippen LogP) is 0.751. The number of amides is 1. The van der Waals surface area contributed by atoms with Gasteiger partial charge in [-0.05, 0) is 31.6 Å². The molecule has 2 aliphatic heterocycles. The highest BCUT2D eigenvalue weighted by Gasteiger charge is 2.31. The average molecular weight is 226 g/mol. The van der Waals surface area contributed by atoms with Crippen LogP contribution in [0.3, 0.4) is 0 Å². The van der Waals surface area contributed by atoms with Gasteiger partial charge in [0.25, 0.3) is 5.91 Å². The number of piperidine rings is 1. The lowest BCUT2D eigenvalue weighted by atomic mass is 9.94. The fourth-order valence-corrected chi connectivity index (χ4v) is 2.50. The van der Waals surface area contributed by atoms with Crippen LogP contribution in [0.2, 0.25) is 0 Å². The maximum atomic E-state index is 12.2. The van der Waals surface area contributed by atoms with E-state index in [1.54, 1.807) is 0 Å². The van der Waals surface area contributed by atoms with E-state index in [2.05, 4.69) is 6.92 Å². The van der Waals surface area contributed by atoms with E-state index >= 15 is 0 Å². The van der Waals surface area contributed by atoms with Crippen LogP contribution in [0, 0.1) is 5.92 Å². The molecule has 2 N–H and O–H groups in total. The van der Waals surface area contributed by atoms with Crippen molar-refractivity contribution in [1.29, 1.82) is 0 Å². The Kier molecular flexibility index (Phi) is 3.82. The van der Waals surface area contributed by atoms with Crippen molar-refractivity contribution < 1.29 is 9.53 Å². The number of likely N-dealkylation sites (tertiary alicyclic amines) is 1. The fourth-order valence-electron chi connectivity index (χ4n) is 2.50. The van der Waals surface area contributed by atoms with Gasteiger partial charge in [0.05, 0.1) is 0 Å². The van der Waals surface area contributed by atoms with E-state index in [4.69, 9.17) is 10.5 Å². The Morgan fingerprint density at radius 3 is 2.81 bits per heavy atom. The van der Waals surface area contributed by atoms with Crippen LogP contribution in [0.4, 0.5) is 0 Å². The summed E-state index contributed by atoms with van der Waals surface area (Å²) in [6, 6.07) is 0.247. The van der Waals surface area contributed by atoms with Crippen molar-refractivity contribution in [3.8, 4) is 0 Å². The topological polar surface area (TPSA) is 55.6 Å². The average Bonchev–Trinajstić information content (AvgIpc) is 2.33. The van der Waals surface area contributed by atoms with Crippen LogP contribution < -0.4 is 5.73 Å². The van der Waals surface area contributed by atoms with Crippen molar-refractivity contribution in [3.05, 3.63) is 0 Å². The summed E-state index contributed by atoms with van der Waals surface area (Å²) in [6.07, 6.45) is 3.81. The molecule has 0 saturated carbocycles. The first-order chi connectivity index (χ1) is 7.68. The third-order valence-electron chi connectivity index (χ3n) is 3.74. The molecule has 4 nitrogen and oxygen atoms in total. The standard InChI is InChI=1S/C12H22N2O2/c1-9-8-14(6-5-10(9)13)12(15)11-4-2-3-7-16-11/h9-11H,2-8,13H2,1H3. The maximum absolute atomic E-state index is 12.2. The predicted molar refractivity (Wildman–Crippen MR) is 61.9 cm³/mol. The zero-order valence-electron chi connectivity index (χ0n) is 10.0. The third-order valence-corrected chi connectivity index (χ3v) is 3.74. The van der Waals surface area contributed by atoms with Gasteiger partial charge in [-0.2, -0.15) is 0 Å². The van der Waals surface area contributed by atoms with Crippen LogP contribution in [-0.4, -0.2) is 42.6 Å². The first-order valence-electron chi connectivity index (χ1n) is 6.34. The molecule has 0 aromatic heterocycles. The van der Waals surface area contributed by atoms with E-state index in [1.165, 1.54) is 0 Å². The smallest absolute Gasteiger partial charge is 0.251 e. The van der Waals surface area contributed by atoms with E-state index in [9.17, 15) is 4.79 Å². The molecule has 2 saturated heterocycles. The number of nitrogens with zero attached hydrogens (tertiary/aromatic N) is 1. The van der Waals surface area contributed by atoms with Crippen LogP contribution in [0.25, 0.3) is 0 Å². The van der Waals surface area contributed by atoms with Crippen molar-refractivity contribution in [3.63, 3.8) is 0 Å². The molecule has 16 heavy (non-hydrogen) atoms. The summed E-state index contributed by atoms with van der Waals surface area (Å²) in [7, 11) is 0. The number of carbonyl (C=O) groups is 1. The molecule has 1 amide bonds. The van der Waals surface area contributed by atoms with Crippen molar-refractivity contribution in [2.45, 2.75) is 44.8 Å². The summed E-state index contributed by atoms with van der Waals surface area (Å²) in [6.45, 7) is 4.44. The Bertz CT molecular complexity index is 251. The molecule has 0 bridgehead atoms. The molecule has 4 heteroatoms. The van der Waals surface area contributed by atoms with Gasteiger partial charge in [-0.1, -0.05) is 6.92 Å². The highest BCUT2D eigenvalue weighted by atomic mass is 16.5. The molecule has 2 fully saturated rings. The molecule has 3 unspecified atom stereocenters. The molecule has 0 radical (unpaired) electrons. The van der Waals surface area contributed by atoms with Crippen LogP contribution >= 0.6 is 0 Å². The fraction of sp³-hybridized carbons (Fsp3) is 0.917.